The van der Waals surface area contributed by atoms with Crippen LogP contribution in [0.5, 0.6) is 5.88 Å². The summed E-state index contributed by atoms with van der Waals surface area (Å²) in [5.41, 5.74) is 0.876. The van der Waals surface area contributed by atoms with E-state index in [4.69, 9.17) is 9.15 Å². The highest BCUT2D eigenvalue weighted by molar-refractivity contribution is 5.93. The first-order valence-corrected chi connectivity index (χ1v) is 7.57. The van der Waals surface area contributed by atoms with E-state index in [0.29, 0.717) is 23.5 Å². The van der Waals surface area contributed by atoms with Gasteiger partial charge in [-0.3, -0.25) is 9.59 Å². The lowest BCUT2D eigenvalue weighted by Gasteiger charge is -2.09. The molecule has 0 aliphatic rings. The van der Waals surface area contributed by atoms with E-state index in [1.807, 2.05) is 13.0 Å². The van der Waals surface area contributed by atoms with E-state index in [-0.39, 0.29) is 17.7 Å². The molecule has 122 valence electrons. The number of amides is 1. The van der Waals surface area contributed by atoms with Gasteiger partial charge in [-0.15, -0.1) is 0 Å². The average molecular weight is 324 g/mol. The Balaban J connectivity index is 1.80. The Hall–Kier alpha value is -3.15. The third kappa shape index (κ3) is 3.27. The molecule has 0 aliphatic carbocycles. The molecule has 0 spiro atoms. The van der Waals surface area contributed by atoms with Crippen LogP contribution in [0, 0.1) is 0 Å². The number of rotatable bonds is 5. The minimum atomic E-state index is -0.468. The van der Waals surface area contributed by atoms with Gasteiger partial charge in [-0.25, -0.2) is 4.98 Å². The van der Waals surface area contributed by atoms with Crippen LogP contribution in [0.1, 0.15) is 23.0 Å². The molecule has 0 saturated heterocycles. The molecular formula is C18H16N2O4. The number of nitrogens with one attached hydrogen (secondary N) is 1. The van der Waals surface area contributed by atoms with Gasteiger partial charge in [0.2, 0.25) is 5.88 Å². The second-order valence-electron chi connectivity index (χ2n) is 5.05. The molecule has 0 fully saturated rings. The van der Waals surface area contributed by atoms with E-state index in [1.165, 1.54) is 6.07 Å². The summed E-state index contributed by atoms with van der Waals surface area (Å²) in [5.74, 6) is -0.0232. The molecule has 6 nitrogen and oxygen atoms in total. The van der Waals surface area contributed by atoms with Gasteiger partial charge in [0.15, 0.2) is 11.2 Å². The topological polar surface area (TPSA) is 81.4 Å². The second-order valence-corrected chi connectivity index (χ2v) is 5.05. The summed E-state index contributed by atoms with van der Waals surface area (Å²) >= 11 is 0. The minimum absolute atomic E-state index is 0.0273. The van der Waals surface area contributed by atoms with Crippen LogP contribution >= 0.6 is 0 Å². The average Bonchev–Trinajstić information content (AvgIpc) is 2.61. The fourth-order valence-electron chi connectivity index (χ4n) is 2.30. The van der Waals surface area contributed by atoms with Crippen molar-refractivity contribution in [3.05, 3.63) is 70.2 Å². The summed E-state index contributed by atoms with van der Waals surface area (Å²) in [6, 6.07) is 11.6. The quantitative estimate of drug-likeness (QED) is 0.780. The van der Waals surface area contributed by atoms with Crippen molar-refractivity contribution in [1.82, 2.24) is 10.3 Å². The molecule has 0 saturated carbocycles. The van der Waals surface area contributed by atoms with Crippen molar-refractivity contribution in [2.75, 3.05) is 6.61 Å². The van der Waals surface area contributed by atoms with Crippen LogP contribution in [0.2, 0.25) is 0 Å². The lowest BCUT2D eigenvalue weighted by molar-refractivity contribution is 0.0923. The van der Waals surface area contributed by atoms with Gasteiger partial charge in [0.1, 0.15) is 5.58 Å². The van der Waals surface area contributed by atoms with Gasteiger partial charge in [-0.1, -0.05) is 18.2 Å². The lowest BCUT2D eigenvalue weighted by Crippen LogP contribution is -2.24. The van der Waals surface area contributed by atoms with Crippen LogP contribution < -0.4 is 15.5 Å². The smallest absolute Gasteiger partial charge is 0.287 e. The van der Waals surface area contributed by atoms with E-state index < -0.39 is 5.91 Å². The summed E-state index contributed by atoms with van der Waals surface area (Å²) < 4.78 is 10.9. The molecule has 1 amide bonds. The molecule has 1 N–H and O–H groups in total. The van der Waals surface area contributed by atoms with E-state index in [9.17, 15) is 9.59 Å². The van der Waals surface area contributed by atoms with Crippen LogP contribution in [-0.4, -0.2) is 17.5 Å². The predicted molar refractivity (Wildman–Crippen MR) is 89.1 cm³/mol. The van der Waals surface area contributed by atoms with Crippen molar-refractivity contribution in [3.8, 4) is 5.88 Å². The number of hydrogen-bond acceptors (Lipinski definition) is 5. The summed E-state index contributed by atoms with van der Waals surface area (Å²) in [6.07, 6.45) is 1.62. The molecule has 3 rings (SSSR count). The molecule has 1 aromatic carbocycles. The van der Waals surface area contributed by atoms with E-state index >= 15 is 0 Å². The van der Waals surface area contributed by atoms with Crippen molar-refractivity contribution in [3.63, 3.8) is 0 Å². The SMILES string of the molecule is CCOc1ncccc1CNC(=O)c1cc(=O)c2ccccc2o1. The molecule has 0 atom stereocenters. The largest absolute Gasteiger partial charge is 0.478 e. The van der Waals surface area contributed by atoms with Crippen LogP contribution in [0.15, 0.2) is 57.9 Å². The number of ether oxygens (including phenoxy) is 1. The fourth-order valence-corrected chi connectivity index (χ4v) is 2.30. The molecule has 0 aliphatic heterocycles. The predicted octanol–water partition coefficient (Wildman–Crippen LogP) is 2.52. The van der Waals surface area contributed by atoms with Gasteiger partial charge in [-0.2, -0.15) is 0 Å². The maximum atomic E-state index is 12.3. The van der Waals surface area contributed by atoms with E-state index in [0.717, 1.165) is 5.56 Å². The second kappa shape index (κ2) is 6.95. The number of nitrogens with zero attached hydrogens (tertiary/aromatic N) is 1. The summed E-state index contributed by atoms with van der Waals surface area (Å²) in [7, 11) is 0. The molecule has 6 heteroatoms. The lowest BCUT2D eigenvalue weighted by atomic mass is 10.2. The number of hydrogen-bond donors (Lipinski definition) is 1. The van der Waals surface area contributed by atoms with E-state index in [2.05, 4.69) is 10.3 Å². The van der Waals surface area contributed by atoms with Crippen LogP contribution in [0.4, 0.5) is 0 Å². The zero-order valence-electron chi connectivity index (χ0n) is 13.1. The maximum Gasteiger partial charge on any atom is 0.287 e. The third-order valence-corrected chi connectivity index (χ3v) is 3.43. The first-order chi connectivity index (χ1) is 11.7. The fraction of sp³-hybridized carbons (Fsp3) is 0.167. The molecule has 0 radical (unpaired) electrons. The zero-order valence-corrected chi connectivity index (χ0v) is 13.1. The summed E-state index contributed by atoms with van der Waals surface area (Å²) in [5, 5.41) is 3.16. The first kappa shape index (κ1) is 15.7. The highest BCUT2D eigenvalue weighted by Gasteiger charge is 2.13. The number of carbonyl (C=O) groups excluding carboxylic acids is 1. The molecule has 3 aromatic rings. The van der Waals surface area contributed by atoms with E-state index in [1.54, 1.807) is 36.5 Å². The number of pyridine rings is 1. The third-order valence-electron chi connectivity index (χ3n) is 3.43. The normalized spacial score (nSPS) is 10.5. The Morgan fingerprint density at radius 1 is 1.25 bits per heavy atom. The highest BCUT2D eigenvalue weighted by Crippen LogP contribution is 2.15. The molecule has 2 aromatic heterocycles. The van der Waals surface area contributed by atoms with Crippen LogP contribution in [-0.2, 0) is 6.54 Å². The molecule has 24 heavy (non-hydrogen) atoms. The van der Waals surface area contributed by atoms with Crippen molar-refractivity contribution < 1.29 is 13.9 Å². The molecular weight excluding hydrogens is 308 g/mol. The van der Waals surface area contributed by atoms with Gasteiger partial charge in [0.05, 0.1) is 12.0 Å². The van der Waals surface area contributed by atoms with Crippen molar-refractivity contribution in [1.29, 1.82) is 0 Å². The maximum absolute atomic E-state index is 12.3. The van der Waals surface area contributed by atoms with Crippen molar-refractivity contribution in [2.45, 2.75) is 13.5 Å². The Labute approximate surface area is 138 Å². The number of carbonyl (C=O) groups is 1. The number of fused-ring (bicyclic) bond motifs is 1. The zero-order chi connectivity index (χ0) is 16.9. The highest BCUT2D eigenvalue weighted by atomic mass is 16.5. The number of para-hydroxylation sites is 1. The Kier molecular flexibility index (Phi) is 4.56. The van der Waals surface area contributed by atoms with Gasteiger partial charge < -0.3 is 14.5 Å². The Bertz CT molecular complexity index is 933. The van der Waals surface area contributed by atoms with Gasteiger partial charge in [0, 0.05) is 24.4 Å². The van der Waals surface area contributed by atoms with Crippen molar-refractivity contribution >= 4 is 16.9 Å². The number of aromatic nitrogens is 1. The number of benzene rings is 1. The Morgan fingerprint density at radius 3 is 2.92 bits per heavy atom. The van der Waals surface area contributed by atoms with Crippen molar-refractivity contribution in [2.24, 2.45) is 0 Å². The minimum Gasteiger partial charge on any atom is -0.478 e. The standard InChI is InChI=1S/C18H16N2O4/c1-2-23-18-12(6-5-9-19-18)11-20-17(22)16-10-14(21)13-7-3-4-8-15(13)24-16/h3-10H,2,11H2,1H3,(H,20,22). The van der Waals surface area contributed by atoms with Crippen LogP contribution in [0.25, 0.3) is 11.0 Å². The molecule has 0 unspecified atom stereocenters. The summed E-state index contributed by atoms with van der Waals surface area (Å²) in [4.78, 5) is 28.5. The Morgan fingerprint density at radius 2 is 2.08 bits per heavy atom. The summed E-state index contributed by atoms with van der Waals surface area (Å²) in [6.45, 7) is 2.57. The van der Waals surface area contributed by atoms with Gasteiger partial charge in [0.25, 0.3) is 5.91 Å². The molecule has 2 heterocycles. The van der Waals surface area contributed by atoms with Gasteiger partial charge >= 0.3 is 0 Å². The van der Waals surface area contributed by atoms with Gasteiger partial charge in [-0.05, 0) is 25.1 Å². The van der Waals surface area contributed by atoms with Crippen LogP contribution in [0.3, 0.4) is 0 Å². The first-order valence-electron chi connectivity index (χ1n) is 7.57. The monoisotopic (exact) mass is 324 g/mol. The molecule has 0 bridgehead atoms.